The lowest BCUT2D eigenvalue weighted by molar-refractivity contribution is -0.384. The molecule has 1 aliphatic rings. The van der Waals surface area contributed by atoms with Crippen LogP contribution in [0.3, 0.4) is 0 Å². The van der Waals surface area contributed by atoms with Crippen molar-refractivity contribution in [2.24, 2.45) is 0 Å². The molecular formula is C25H27N3O4. The van der Waals surface area contributed by atoms with Gasteiger partial charge in [-0.2, -0.15) is 0 Å². The van der Waals surface area contributed by atoms with Crippen LogP contribution in [0.25, 0.3) is 0 Å². The van der Waals surface area contributed by atoms with Crippen molar-refractivity contribution < 1.29 is 14.4 Å². The number of rotatable bonds is 8. The molecule has 0 amide bonds. The van der Waals surface area contributed by atoms with Gasteiger partial charge in [0.25, 0.3) is 5.69 Å². The fraction of sp³-hybridized carbons (Fsp3) is 0.280. The second-order valence-electron chi connectivity index (χ2n) is 7.80. The number of nitro groups is 1. The highest BCUT2D eigenvalue weighted by atomic mass is 16.6. The van der Waals surface area contributed by atoms with Gasteiger partial charge in [-0.15, -0.1) is 0 Å². The highest BCUT2D eigenvalue weighted by Crippen LogP contribution is 2.30. The Bertz CT molecular complexity index is 1030. The van der Waals surface area contributed by atoms with Gasteiger partial charge >= 0.3 is 0 Å². The molecule has 3 aromatic rings. The summed E-state index contributed by atoms with van der Waals surface area (Å²) >= 11 is 0. The smallest absolute Gasteiger partial charge is 0.269 e. The van der Waals surface area contributed by atoms with Gasteiger partial charge in [-0.3, -0.25) is 15.0 Å². The highest BCUT2D eigenvalue weighted by Gasteiger charge is 2.19. The zero-order valence-electron chi connectivity index (χ0n) is 18.1. The van der Waals surface area contributed by atoms with Crippen LogP contribution in [-0.2, 0) is 13.2 Å². The first-order valence-electron chi connectivity index (χ1n) is 10.7. The third-order valence-corrected chi connectivity index (χ3v) is 5.67. The maximum atomic E-state index is 10.9. The largest absolute Gasteiger partial charge is 0.493 e. The van der Waals surface area contributed by atoms with Crippen LogP contribution in [0, 0.1) is 10.1 Å². The van der Waals surface area contributed by atoms with Crippen molar-refractivity contribution in [2.75, 3.05) is 38.2 Å². The Labute approximate surface area is 187 Å². The highest BCUT2D eigenvalue weighted by molar-refractivity contribution is 5.51. The van der Waals surface area contributed by atoms with Crippen molar-refractivity contribution in [1.82, 2.24) is 4.90 Å². The van der Waals surface area contributed by atoms with Gasteiger partial charge in [0, 0.05) is 50.5 Å². The second-order valence-corrected chi connectivity index (χ2v) is 7.80. The van der Waals surface area contributed by atoms with Crippen LogP contribution >= 0.6 is 0 Å². The van der Waals surface area contributed by atoms with Gasteiger partial charge in [0.05, 0.1) is 12.0 Å². The zero-order chi connectivity index (χ0) is 22.3. The van der Waals surface area contributed by atoms with Crippen LogP contribution in [0.15, 0.2) is 72.8 Å². The minimum Gasteiger partial charge on any atom is -0.493 e. The summed E-state index contributed by atoms with van der Waals surface area (Å²) in [4.78, 5) is 15.2. The molecule has 1 aliphatic heterocycles. The number of benzene rings is 3. The van der Waals surface area contributed by atoms with E-state index in [2.05, 4.69) is 21.9 Å². The SMILES string of the molecule is COc1ccc(CN2CCN(c3ccc([N+](=O)[O-])cc3)CC2)cc1OCc1ccccc1. The van der Waals surface area contributed by atoms with E-state index >= 15 is 0 Å². The Hall–Kier alpha value is -3.58. The van der Waals surface area contributed by atoms with Crippen LogP contribution in [0.1, 0.15) is 11.1 Å². The van der Waals surface area contributed by atoms with Gasteiger partial charge < -0.3 is 14.4 Å². The topological polar surface area (TPSA) is 68.1 Å². The summed E-state index contributed by atoms with van der Waals surface area (Å²) in [6.07, 6.45) is 0. The van der Waals surface area contributed by atoms with Crippen LogP contribution < -0.4 is 14.4 Å². The molecule has 0 spiro atoms. The zero-order valence-corrected chi connectivity index (χ0v) is 18.1. The Morgan fingerprint density at radius 1 is 0.875 bits per heavy atom. The first-order chi connectivity index (χ1) is 15.6. The maximum absolute atomic E-state index is 10.9. The van der Waals surface area contributed by atoms with Gasteiger partial charge in [-0.05, 0) is 35.4 Å². The molecule has 0 aliphatic carbocycles. The fourth-order valence-corrected chi connectivity index (χ4v) is 3.88. The van der Waals surface area contributed by atoms with Gasteiger partial charge in [-0.1, -0.05) is 36.4 Å². The van der Waals surface area contributed by atoms with E-state index in [9.17, 15) is 10.1 Å². The Balaban J connectivity index is 1.34. The van der Waals surface area contributed by atoms with E-state index in [1.807, 2.05) is 48.5 Å². The molecule has 0 N–H and O–H groups in total. The van der Waals surface area contributed by atoms with E-state index in [0.717, 1.165) is 55.5 Å². The summed E-state index contributed by atoms with van der Waals surface area (Å²) in [5, 5.41) is 10.9. The van der Waals surface area contributed by atoms with Crippen molar-refractivity contribution in [2.45, 2.75) is 13.2 Å². The quantitative estimate of drug-likeness (QED) is 0.385. The van der Waals surface area contributed by atoms with Gasteiger partial charge in [0.2, 0.25) is 0 Å². The monoisotopic (exact) mass is 433 g/mol. The number of piperazine rings is 1. The van der Waals surface area contributed by atoms with Gasteiger partial charge in [0.1, 0.15) is 6.61 Å². The Morgan fingerprint density at radius 2 is 1.59 bits per heavy atom. The van der Waals surface area contributed by atoms with Crippen molar-refractivity contribution in [3.05, 3.63) is 94.0 Å². The number of nitro benzene ring substituents is 1. The van der Waals surface area contributed by atoms with Crippen LogP contribution in [0.4, 0.5) is 11.4 Å². The predicted octanol–water partition coefficient (Wildman–Crippen LogP) is 4.50. The summed E-state index contributed by atoms with van der Waals surface area (Å²) in [6, 6.07) is 23.0. The van der Waals surface area contributed by atoms with E-state index in [0.29, 0.717) is 6.61 Å². The second kappa shape index (κ2) is 10.2. The van der Waals surface area contributed by atoms with Gasteiger partial charge in [-0.25, -0.2) is 0 Å². The maximum Gasteiger partial charge on any atom is 0.269 e. The molecular weight excluding hydrogens is 406 g/mol. The molecule has 0 unspecified atom stereocenters. The minimum absolute atomic E-state index is 0.122. The molecule has 166 valence electrons. The number of anilines is 1. The third-order valence-electron chi connectivity index (χ3n) is 5.67. The molecule has 1 saturated heterocycles. The molecule has 4 rings (SSSR count). The Morgan fingerprint density at radius 3 is 2.25 bits per heavy atom. The number of ether oxygens (including phenoxy) is 2. The molecule has 0 atom stereocenters. The van der Waals surface area contributed by atoms with Crippen molar-refractivity contribution in [3.63, 3.8) is 0 Å². The molecule has 0 bridgehead atoms. The van der Waals surface area contributed by atoms with Crippen molar-refractivity contribution in [1.29, 1.82) is 0 Å². The number of methoxy groups -OCH3 is 1. The van der Waals surface area contributed by atoms with Crippen LogP contribution in [0.2, 0.25) is 0 Å². The lowest BCUT2D eigenvalue weighted by atomic mass is 10.1. The number of hydrogen-bond donors (Lipinski definition) is 0. The summed E-state index contributed by atoms with van der Waals surface area (Å²) in [5.74, 6) is 1.48. The Kier molecular flexibility index (Phi) is 6.87. The molecule has 0 radical (unpaired) electrons. The van der Waals surface area contributed by atoms with Crippen LogP contribution in [0.5, 0.6) is 11.5 Å². The number of non-ortho nitro benzene ring substituents is 1. The third kappa shape index (κ3) is 5.36. The molecule has 1 fully saturated rings. The van der Waals surface area contributed by atoms with Crippen molar-refractivity contribution >= 4 is 11.4 Å². The standard InChI is InChI=1S/C25H27N3O4/c1-31-24-12-7-21(17-25(24)32-19-20-5-3-2-4-6-20)18-26-13-15-27(16-14-26)22-8-10-23(11-9-22)28(29)30/h2-12,17H,13-16,18-19H2,1H3. The molecule has 7 heteroatoms. The predicted molar refractivity (Wildman–Crippen MR) is 124 cm³/mol. The van der Waals surface area contributed by atoms with E-state index in [1.165, 1.54) is 5.56 Å². The molecule has 32 heavy (non-hydrogen) atoms. The molecule has 0 aromatic heterocycles. The normalized spacial score (nSPS) is 14.2. The summed E-state index contributed by atoms with van der Waals surface area (Å²) in [6.45, 7) is 4.93. The average Bonchev–Trinajstić information content (AvgIpc) is 2.84. The number of hydrogen-bond acceptors (Lipinski definition) is 6. The fourth-order valence-electron chi connectivity index (χ4n) is 3.88. The summed E-state index contributed by atoms with van der Waals surface area (Å²) < 4.78 is 11.5. The van der Waals surface area contributed by atoms with E-state index in [4.69, 9.17) is 9.47 Å². The van der Waals surface area contributed by atoms with E-state index in [-0.39, 0.29) is 10.6 Å². The molecule has 7 nitrogen and oxygen atoms in total. The lowest BCUT2D eigenvalue weighted by Gasteiger charge is -2.36. The minimum atomic E-state index is -0.367. The van der Waals surface area contributed by atoms with Crippen molar-refractivity contribution in [3.8, 4) is 11.5 Å². The number of nitrogens with zero attached hydrogens (tertiary/aromatic N) is 3. The first kappa shape index (κ1) is 21.6. The first-order valence-corrected chi connectivity index (χ1v) is 10.7. The van der Waals surface area contributed by atoms with Crippen LogP contribution in [-0.4, -0.2) is 43.1 Å². The van der Waals surface area contributed by atoms with E-state index in [1.54, 1.807) is 19.2 Å². The average molecular weight is 434 g/mol. The summed E-state index contributed by atoms with van der Waals surface area (Å²) in [7, 11) is 1.65. The molecule has 0 saturated carbocycles. The molecule has 3 aromatic carbocycles. The van der Waals surface area contributed by atoms with E-state index < -0.39 is 0 Å². The lowest BCUT2D eigenvalue weighted by Crippen LogP contribution is -2.45. The van der Waals surface area contributed by atoms with Gasteiger partial charge in [0.15, 0.2) is 11.5 Å². The summed E-state index contributed by atoms with van der Waals surface area (Å²) in [5.41, 5.74) is 3.44. The molecule has 1 heterocycles.